The summed E-state index contributed by atoms with van der Waals surface area (Å²) in [4.78, 5) is 11.5. The molecule has 1 aromatic rings. The molecule has 3 nitrogen and oxygen atoms in total. The monoisotopic (exact) mass is 244 g/mol. The first-order valence-electron chi connectivity index (χ1n) is 6.96. The largest absolute Gasteiger partial charge is 0.382 e. The zero-order valence-electron chi connectivity index (χ0n) is 10.7. The number of rotatable bonds is 2. The second-order valence-corrected chi connectivity index (χ2v) is 5.37. The Labute approximate surface area is 108 Å². The van der Waals surface area contributed by atoms with Gasteiger partial charge in [-0.1, -0.05) is 6.07 Å². The highest BCUT2D eigenvalue weighted by Crippen LogP contribution is 2.26. The van der Waals surface area contributed by atoms with E-state index in [0.717, 1.165) is 19.4 Å². The van der Waals surface area contributed by atoms with Crippen molar-refractivity contribution in [3.05, 3.63) is 29.3 Å². The fraction of sp³-hybridized carbons (Fsp3) is 0.533. The van der Waals surface area contributed by atoms with Crippen molar-refractivity contribution in [3.63, 3.8) is 0 Å². The maximum atomic E-state index is 11.5. The molecule has 18 heavy (non-hydrogen) atoms. The number of amides is 1. The molecule has 1 fully saturated rings. The lowest BCUT2D eigenvalue weighted by Crippen LogP contribution is -2.26. The van der Waals surface area contributed by atoms with E-state index in [-0.39, 0.29) is 11.9 Å². The number of fused-ring (bicyclic) bond motifs is 1. The summed E-state index contributed by atoms with van der Waals surface area (Å²) in [6, 6.07) is 6.95. The van der Waals surface area contributed by atoms with E-state index in [9.17, 15) is 4.79 Å². The standard InChI is InChI=1S/C15H20N2O/c18-15-10-13(5-2-8-16-15)17-14-7-6-11-3-1-4-12(11)9-14/h6-7,9,13,17H,1-5,8,10H2,(H,16,18). The molecule has 3 rings (SSSR count). The van der Waals surface area contributed by atoms with Crippen molar-refractivity contribution in [1.29, 1.82) is 0 Å². The first kappa shape index (κ1) is 11.6. The molecular weight excluding hydrogens is 224 g/mol. The Morgan fingerprint density at radius 3 is 3.00 bits per heavy atom. The van der Waals surface area contributed by atoms with Crippen LogP contribution in [-0.4, -0.2) is 18.5 Å². The van der Waals surface area contributed by atoms with E-state index in [1.54, 1.807) is 0 Å². The Kier molecular flexibility index (Phi) is 3.22. The molecule has 1 aromatic carbocycles. The molecule has 1 amide bonds. The second kappa shape index (κ2) is 5.01. The van der Waals surface area contributed by atoms with Gasteiger partial charge >= 0.3 is 0 Å². The van der Waals surface area contributed by atoms with Crippen LogP contribution < -0.4 is 10.6 Å². The van der Waals surface area contributed by atoms with Crippen LogP contribution in [0.15, 0.2) is 18.2 Å². The molecule has 1 aliphatic heterocycles. The minimum atomic E-state index is 0.172. The zero-order valence-corrected chi connectivity index (χ0v) is 10.7. The van der Waals surface area contributed by atoms with E-state index >= 15 is 0 Å². The fourth-order valence-electron chi connectivity index (χ4n) is 2.99. The predicted molar refractivity (Wildman–Crippen MR) is 72.7 cm³/mol. The van der Waals surface area contributed by atoms with Gasteiger partial charge in [0.2, 0.25) is 5.91 Å². The molecule has 1 atom stereocenters. The molecule has 2 N–H and O–H groups in total. The first-order chi connectivity index (χ1) is 8.81. The highest BCUT2D eigenvalue weighted by molar-refractivity contribution is 5.77. The summed E-state index contributed by atoms with van der Waals surface area (Å²) >= 11 is 0. The van der Waals surface area contributed by atoms with Crippen molar-refractivity contribution >= 4 is 11.6 Å². The molecule has 3 heteroatoms. The van der Waals surface area contributed by atoms with Crippen LogP contribution >= 0.6 is 0 Å². The van der Waals surface area contributed by atoms with Crippen LogP contribution in [0.2, 0.25) is 0 Å². The number of hydrogen-bond acceptors (Lipinski definition) is 2. The molecule has 0 radical (unpaired) electrons. The van der Waals surface area contributed by atoms with Crippen molar-refractivity contribution in [2.24, 2.45) is 0 Å². The lowest BCUT2D eigenvalue weighted by molar-refractivity contribution is -0.120. The summed E-state index contributed by atoms with van der Waals surface area (Å²) in [5.74, 6) is 0.172. The number of carbonyl (C=O) groups excluding carboxylic acids is 1. The van der Waals surface area contributed by atoms with E-state index in [0.29, 0.717) is 6.42 Å². The summed E-state index contributed by atoms with van der Waals surface area (Å²) in [7, 11) is 0. The summed E-state index contributed by atoms with van der Waals surface area (Å²) in [6.45, 7) is 0.821. The SMILES string of the molecule is O=C1CC(Nc2ccc3c(c2)CCC3)CCCN1. The van der Waals surface area contributed by atoms with Crippen molar-refractivity contribution in [2.75, 3.05) is 11.9 Å². The van der Waals surface area contributed by atoms with Crippen LogP contribution in [-0.2, 0) is 17.6 Å². The Morgan fingerprint density at radius 2 is 2.06 bits per heavy atom. The summed E-state index contributed by atoms with van der Waals surface area (Å²) in [5.41, 5.74) is 4.16. The molecule has 2 aliphatic rings. The molecule has 1 heterocycles. The minimum Gasteiger partial charge on any atom is -0.382 e. The summed E-state index contributed by atoms with van der Waals surface area (Å²) < 4.78 is 0. The van der Waals surface area contributed by atoms with Gasteiger partial charge < -0.3 is 10.6 Å². The van der Waals surface area contributed by atoms with Crippen molar-refractivity contribution in [2.45, 2.75) is 44.6 Å². The van der Waals surface area contributed by atoms with E-state index in [4.69, 9.17) is 0 Å². The van der Waals surface area contributed by atoms with E-state index in [2.05, 4.69) is 28.8 Å². The first-order valence-corrected chi connectivity index (χ1v) is 6.96. The molecular formula is C15H20N2O. The van der Waals surface area contributed by atoms with Crippen LogP contribution in [0.25, 0.3) is 0 Å². The van der Waals surface area contributed by atoms with Gasteiger partial charge in [0.15, 0.2) is 0 Å². The molecule has 0 spiro atoms. The Bertz CT molecular complexity index is 456. The number of hydrogen-bond donors (Lipinski definition) is 2. The lowest BCUT2D eigenvalue weighted by atomic mass is 10.1. The van der Waals surface area contributed by atoms with Crippen LogP contribution in [0.5, 0.6) is 0 Å². The van der Waals surface area contributed by atoms with Crippen LogP contribution in [0.3, 0.4) is 0 Å². The van der Waals surface area contributed by atoms with Crippen LogP contribution in [0, 0.1) is 0 Å². The minimum absolute atomic E-state index is 0.172. The topological polar surface area (TPSA) is 41.1 Å². The predicted octanol–water partition coefficient (Wildman–Crippen LogP) is 2.26. The van der Waals surface area contributed by atoms with Gasteiger partial charge in [0.25, 0.3) is 0 Å². The second-order valence-electron chi connectivity index (χ2n) is 5.37. The lowest BCUT2D eigenvalue weighted by Gasteiger charge is -2.17. The molecule has 0 saturated carbocycles. The van der Waals surface area contributed by atoms with E-state index < -0.39 is 0 Å². The van der Waals surface area contributed by atoms with Gasteiger partial charge in [0.05, 0.1) is 0 Å². The summed E-state index contributed by atoms with van der Waals surface area (Å²) in [6.07, 6.45) is 6.43. The van der Waals surface area contributed by atoms with Gasteiger partial charge in [-0.2, -0.15) is 0 Å². The van der Waals surface area contributed by atoms with Gasteiger partial charge in [-0.05, 0) is 55.4 Å². The zero-order chi connectivity index (χ0) is 12.4. The third kappa shape index (κ3) is 2.50. The normalized spacial score (nSPS) is 23.1. The highest BCUT2D eigenvalue weighted by Gasteiger charge is 2.18. The highest BCUT2D eigenvalue weighted by atomic mass is 16.1. The van der Waals surface area contributed by atoms with Crippen molar-refractivity contribution < 1.29 is 4.79 Å². The fourth-order valence-corrected chi connectivity index (χ4v) is 2.99. The smallest absolute Gasteiger partial charge is 0.222 e. The van der Waals surface area contributed by atoms with Gasteiger partial charge in [-0.25, -0.2) is 0 Å². The van der Waals surface area contributed by atoms with Crippen LogP contribution in [0.1, 0.15) is 36.8 Å². The molecule has 1 aliphatic carbocycles. The number of benzene rings is 1. The molecule has 1 unspecified atom stereocenters. The number of nitrogens with one attached hydrogen (secondary N) is 2. The Morgan fingerprint density at radius 1 is 1.17 bits per heavy atom. The van der Waals surface area contributed by atoms with Gasteiger partial charge in [0.1, 0.15) is 0 Å². The Balaban J connectivity index is 1.70. The van der Waals surface area contributed by atoms with Crippen molar-refractivity contribution in [1.82, 2.24) is 5.32 Å². The Hall–Kier alpha value is -1.51. The molecule has 1 saturated heterocycles. The van der Waals surface area contributed by atoms with Gasteiger partial charge in [0, 0.05) is 24.7 Å². The third-order valence-electron chi connectivity index (χ3n) is 3.95. The maximum Gasteiger partial charge on any atom is 0.222 e. The molecule has 0 aromatic heterocycles. The van der Waals surface area contributed by atoms with Gasteiger partial charge in [-0.15, -0.1) is 0 Å². The number of carbonyl (C=O) groups is 1. The van der Waals surface area contributed by atoms with Crippen LogP contribution in [0.4, 0.5) is 5.69 Å². The molecule has 96 valence electrons. The summed E-state index contributed by atoms with van der Waals surface area (Å²) in [5, 5.41) is 6.44. The number of anilines is 1. The average Bonchev–Trinajstić information content (AvgIpc) is 2.72. The maximum absolute atomic E-state index is 11.5. The quantitative estimate of drug-likeness (QED) is 0.838. The van der Waals surface area contributed by atoms with Crippen molar-refractivity contribution in [3.8, 4) is 0 Å². The average molecular weight is 244 g/mol. The number of aryl methyl sites for hydroxylation is 2. The van der Waals surface area contributed by atoms with E-state index in [1.165, 1.54) is 36.1 Å². The molecule has 0 bridgehead atoms. The van der Waals surface area contributed by atoms with E-state index in [1.807, 2.05) is 0 Å². The van der Waals surface area contributed by atoms with Gasteiger partial charge in [-0.3, -0.25) is 4.79 Å². The third-order valence-corrected chi connectivity index (χ3v) is 3.95.